The van der Waals surface area contributed by atoms with Crippen LogP contribution >= 0.6 is 0 Å². The fourth-order valence-electron chi connectivity index (χ4n) is 3.45. The standard InChI is InChI=1S/C18H22N2/c1-12-6-4-8-15(13(12)2)18(19-3)16-10-9-14-7-5-11-20-17(14)16/h4-8,11,16,18-19H,9-10H2,1-3H3. The van der Waals surface area contributed by atoms with Gasteiger partial charge in [-0.2, -0.15) is 0 Å². The van der Waals surface area contributed by atoms with Gasteiger partial charge in [0.05, 0.1) is 0 Å². The molecule has 1 heterocycles. The molecule has 1 N–H and O–H groups in total. The van der Waals surface area contributed by atoms with Crippen molar-refractivity contribution < 1.29 is 0 Å². The number of likely N-dealkylation sites (N-methyl/N-ethyl adjacent to an activating group) is 1. The van der Waals surface area contributed by atoms with Gasteiger partial charge in [-0.25, -0.2) is 0 Å². The number of hydrogen-bond acceptors (Lipinski definition) is 2. The minimum Gasteiger partial charge on any atom is -0.312 e. The van der Waals surface area contributed by atoms with Crippen molar-refractivity contribution in [1.29, 1.82) is 0 Å². The normalized spacial score (nSPS) is 18.9. The minimum absolute atomic E-state index is 0.353. The number of nitrogens with zero attached hydrogens (tertiary/aromatic N) is 1. The molecule has 0 aliphatic heterocycles. The molecule has 104 valence electrons. The van der Waals surface area contributed by atoms with E-state index in [1.54, 1.807) is 0 Å². The van der Waals surface area contributed by atoms with Gasteiger partial charge in [0.25, 0.3) is 0 Å². The van der Waals surface area contributed by atoms with Gasteiger partial charge >= 0.3 is 0 Å². The van der Waals surface area contributed by atoms with Crippen LogP contribution in [0, 0.1) is 13.8 Å². The van der Waals surface area contributed by atoms with Crippen molar-refractivity contribution in [3.8, 4) is 0 Å². The molecule has 0 saturated carbocycles. The van der Waals surface area contributed by atoms with Crippen LogP contribution in [-0.4, -0.2) is 12.0 Å². The van der Waals surface area contributed by atoms with Gasteiger partial charge in [-0.1, -0.05) is 24.3 Å². The Morgan fingerprint density at radius 3 is 2.85 bits per heavy atom. The Balaban J connectivity index is 2.02. The van der Waals surface area contributed by atoms with Crippen LogP contribution in [0.1, 0.15) is 46.3 Å². The van der Waals surface area contributed by atoms with Crippen LogP contribution in [0.3, 0.4) is 0 Å². The molecule has 2 nitrogen and oxygen atoms in total. The van der Waals surface area contributed by atoms with Crippen LogP contribution in [0.2, 0.25) is 0 Å². The van der Waals surface area contributed by atoms with Crippen molar-refractivity contribution in [1.82, 2.24) is 10.3 Å². The van der Waals surface area contributed by atoms with Crippen molar-refractivity contribution in [2.75, 3.05) is 7.05 Å². The molecule has 0 fully saturated rings. The number of hydrogen-bond donors (Lipinski definition) is 1. The van der Waals surface area contributed by atoms with E-state index in [1.165, 1.54) is 34.4 Å². The predicted molar refractivity (Wildman–Crippen MR) is 83.0 cm³/mol. The highest BCUT2D eigenvalue weighted by Crippen LogP contribution is 2.41. The van der Waals surface area contributed by atoms with Gasteiger partial charge in [-0.05, 0) is 62.1 Å². The Kier molecular flexibility index (Phi) is 3.58. The zero-order valence-electron chi connectivity index (χ0n) is 12.5. The van der Waals surface area contributed by atoms with E-state index in [0.717, 1.165) is 6.42 Å². The first-order chi connectivity index (χ1) is 9.72. The summed E-state index contributed by atoms with van der Waals surface area (Å²) in [6.45, 7) is 4.41. The highest BCUT2D eigenvalue weighted by Gasteiger charge is 2.31. The number of benzene rings is 1. The fraction of sp³-hybridized carbons (Fsp3) is 0.389. The highest BCUT2D eigenvalue weighted by atomic mass is 14.9. The molecule has 0 amide bonds. The highest BCUT2D eigenvalue weighted by molar-refractivity contribution is 5.39. The van der Waals surface area contributed by atoms with Gasteiger partial charge < -0.3 is 5.32 Å². The van der Waals surface area contributed by atoms with E-state index in [4.69, 9.17) is 0 Å². The Bertz CT molecular complexity index is 619. The number of aryl methyl sites for hydroxylation is 2. The molecule has 0 spiro atoms. The summed E-state index contributed by atoms with van der Waals surface area (Å²) in [5.41, 5.74) is 6.88. The number of rotatable bonds is 3. The van der Waals surface area contributed by atoms with Crippen LogP contribution in [0.4, 0.5) is 0 Å². The quantitative estimate of drug-likeness (QED) is 0.916. The molecule has 3 rings (SSSR count). The van der Waals surface area contributed by atoms with Crippen molar-refractivity contribution in [3.63, 3.8) is 0 Å². The molecule has 1 aromatic heterocycles. The van der Waals surface area contributed by atoms with Gasteiger partial charge in [-0.3, -0.25) is 4.98 Å². The first-order valence-corrected chi connectivity index (χ1v) is 7.39. The lowest BCUT2D eigenvalue weighted by molar-refractivity contribution is 0.468. The molecule has 2 aromatic rings. The molecule has 0 saturated heterocycles. The van der Waals surface area contributed by atoms with Crippen LogP contribution in [0.15, 0.2) is 36.5 Å². The fourth-order valence-corrected chi connectivity index (χ4v) is 3.45. The first-order valence-electron chi connectivity index (χ1n) is 7.39. The van der Waals surface area contributed by atoms with E-state index >= 15 is 0 Å². The molecule has 0 radical (unpaired) electrons. The maximum absolute atomic E-state index is 4.65. The summed E-state index contributed by atoms with van der Waals surface area (Å²) in [5, 5.41) is 3.53. The second-order valence-electron chi connectivity index (χ2n) is 5.75. The zero-order chi connectivity index (χ0) is 14.1. The van der Waals surface area contributed by atoms with Crippen LogP contribution < -0.4 is 5.32 Å². The summed E-state index contributed by atoms with van der Waals surface area (Å²) >= 11 is 0. The lowest BCUT2D eigenvalue weighted by Gasteiger charge is -2.26. The second kappa shape index (κ2) is 5.37. The molecule has 1 aliphatic carbocycles. The van der Waals surface area contributed by atoms with E-state index in [1.807, 2.05) is 12.3 Å². The summed E-state index contributed by atoms with van der Waals surface area (Å²) in [4.78, 5) is 4.65. The van der Waals surface area contributed by atoms with Crippen LogP contribution in [0.5, 0.6) is 0 Å². The van der Waals surface area contributed by atoms with Crippen molar-refractivity contribution in [2.24, 2.45) is 0 Å². The third kappa shape index (κ3) is 2.14. The summed E-state index contributed by atoms with van der Waals surface area (Å²) in [6, 6.07) is 11.2. The largest absolute Gasteiger partial charge is 0.312 e. The number of fused-ring (bicyclic) bond motifs is 1. The molecule has 0 bridgehead atoms. The van der Waals surface area contributed by atoms with Gasteiger partial charge in [0, 0.05) is 23.9 Å². The lowest BCUT2D eigenvalue weighted by Crippen LogP contribution is -2.24. The summed E-state index contributed by atoms with van der Waals surface area (Å²) < 4.78 is 0. The Labute approximate surface area is 121 Å². The van der Waals surface area contributed by atoms with E-state index in [2.05, 4.69) is 55.5 Å². The van der Waals surface area contributed by atoms with Gasteiger partial charge in [0.1, 0.15) is 0 Å². The average Bonchev–Trinajstić information content (AvgIpc) is 2.88. The Morgan fingerprint density at radius 1 is 1.20 bits per heavy atom. The van der Waals surface area contributed by atoms with E-state index < -0.39 is 0 Å². The van der Waals surface area contributed by atoms with E-state index in [0.29, 0.717) is 12.0 Å². The Morgan fingerprint density at radius 2 is 2.05 bits per heavy atom. The topological polar surface area (TPSA) is 24.9 Å². The Hall–Kier alpha value is -1.67. The summed E-state index contributed by atoms with van der Waals surface area (Å²) in [7, 11) is 2.06. The van der Waals surface area contributed by atoms with Crippen LogP contribution in [0.25, 0.3) is 0 Å². The SMILES string of the molecule is CNC(c1cccc(C)c1C)C1CCc2cccnc21. The van der Waals surface area contributed by atoms with E-state index in [9.17, 15) is 0 Å². The van der Waals surface area contributed by atoms with Gasteiger partial charge in [0.15, 0.2) is 0 Å². The molecular formula is C18H22N2. The third-order valence-corrected chi connectivity index (χ3v) is 4.70. The zero-order valence-corrected chi connectivity index (χ0v) is 12.5. The first kappa shape index (κ1) is 13.3. The number of nitrogens with one attached hydrogen (secondary N) is 1. The molecule has 2 atom stereocenters. The average molecular weight is 266 g/mol. The van der Waals surface area contributed by atoms with Gasteiger partial charge in [0.2, 0.25) is 0 Å². The molecule has 20 heavy (non-hydrogen) atoms. The lowest BCUT2D eigenvalue weighted by atomic mass is 9.87. The predicted octanol–water partition coefficient (Wildman–Crippen LogP) is 3.69. The second-order valence-corrected chi connectivity index (χ2v) is 5.75. The van der Waals surface area contributed by atoms with Crippen LogP contribution in [-0.2, 0) is 6.42 Å². The molecule has 2 heteroatoms. The van der Waals surface area contributed by atoms with Crippen molar-refractivity contribution in [2.45, 2.75) is 38.6 Å². The smallest absolute Gasteiger partial charge is 0.0485 e. The van der Waals surface area contributed by atoms with E-state index in [-0.39, 0.29) is 0 Å². The molecule has 1 aromatic carbocycles. The molecular weight excluding hydrogens is 244 g/mol. The molecule has 2 unspecified atom stereocenters. The number of pyridine rings is 1. The summed E-state index contributed by atoms with van der Waals surface area (Å²) in [5.74, 6) is 0.483. The van der Waals surface area contributed by atoms with Gasteiger partial charge in [-0.15, -0.1) is 0 Å². The third-order valence-electron chi connectivity index (χ3n) is 4.70. The minimum atomic E-state index is 0.353. The van der Waals surface area contributed by atoms with Crippen molar-refractivity contribution >= 4 is 0 Å². The summed E-state index contributed by atoms with van der Waals surface area (Å²) in [6.07, 6.45) is 4.26. The van der Waals surface area contributed by atoms with Crippen molar-refractivity contribution in [3.05, 3.63) is 64.5 Å². The maximum atomic E-state index is 4.65. The molecule has 1 aliphatic rings. The maximum Gasteiger partial charge on any atom is 0.0485 e. The monoisotopic (exact) mass is 266 g/mol. The number of aromatic nitrogens is 1.